The molecule has 6 heteroatoms. The number of hydrogen-bond donors (Lipinski definition) is 2. The molecule has 0 radical (unpaired) electrons. The van der Waals surface area contributed by atoms with E-state index < -0.39 is 5.92 Å². The van der Waals surface area contributed by atoms with Gasteiger partial charge >= 0.3 is 0 Å². The fourth-order valence-corrected chi connectivity index (χ4v) is 1.02. The lowest BCUT2D eigenvalue weighted by atomic mass is 10.1. The van der Waals surface area contributed by atoms with Gasteiger partial charge in [-0.25, -0.2) is 8.78 Å². The molecule has 4 N–H and O–H groups in total. The smallest absolute Gasteiger partial charge is 0.270 e. The van der Waals surface area contributed by atoms with Crippen molar-refractivity contribution in [3.63, 3.8) is 0 Å². The molecule has 0 bridgehead atoms. The maximum Gasteiger partial charge on any atom is 0.270 e. The second-order valence-electron chi connectivity index (χ2n) is 3.28. The van der Waals surface area contributed by atoms with Crippen molar-refractivity contribution in [3.05, 3.63) is 35.4 Å². The highest BCUT2D eigenvalue weighted by Crippen LogP contribution is 2.26. The molecule has 0 fully saturated rings. The summed E-state index contributed by atoms with van der Waals surface area (Å²) in [4.78, 5) is 0. The molecule has 0 saturated carbocycles. The molecule has 0 saturated heterocycles. The second-order valence-corrected chi connectivity index (χ2v) is 3.28. The van der Waals surface area contributed by atoms with Gasteiger partial charge in [0, 0.05) is 12.5 Å². The number of nitrogens with two attached hydrogens (primary N) is 2. The Morgan fingerprint density at radius 1 is 1.25 bits per heavy atom. The maximum atomic E-state index is 12.9. The van der Waals surface area contributed by atoms with E-state index in [1.807, 2.05) is 0 Å². The topological polar surface area (TPSA) is 76.8 Å². The third-order valence-corrected chi connectivity index (χ3v) is 1.80. The van der Waals surface area contributed by atoms with E-state index in [9.17, 15) is 8.78 Å². The first-order valence-electron chi connectivity index (χ1n) is 4.50. The molecule has 1 aromatic carbocycles. The van der Waals surface area contributed by atoms with Crippen LogP contribution >= 0.6 is 0 Å². The van der Waals surface area contributed by atoms with Gasteiger partial charge in [-0.2, -0.15) is 5.10 Å². The highest BCUT2D eigenvalue weighted by molar-refractivity contribution is 5.81. The van der Waals surface area contributed by atoms with E-state index in [0.29, 0.717) is 5.56 Å². The number of rotatable bonds is 3. The number of hydrogen-bond acceptors (Lipinski definition) is 2. The van der Waals surface area contributed by atoms with Crippen molar-refractivity contribution < 1.29 is 8.78 Å². The second kappa shape index (κ2) is 4.69. The first-order valence-corrected chi connectivity index (χ1v) is 4.50. The van der Waals surface area contributed by atoms with Gasteiger partial charge in [-0.15, -0.1) is 5.10 Å². The summed E-state index contributed by atoms with van der Waals surface area (Å²) in [6.45, 7) is 0.843. The van der Waals surface area contributed by atoms with Gasteiger partial charge in [0.25, 0.3) is 5.92 Å². The summed E-state index contributed by atoms with van der Waals surface area (Å²) in [5.74, 6) is -3.00. The molecule has 0 aliphatic heterocycles. The number of alkyl halides is 2. The van der Waals surface area contributed by atoms with Crippen molar-refractivity contribution in [1.29, 1.82) is 0 Å². The molecule has 86 valence electrons. The van der Waals surface area contributed by atoms with Crippen molar-refractivity contribution in [2.24, 2.45) is 21.7 Å². The summed E-state index contributed by atoms with van der Waals surface area (Å²) in [5, 5.41) is 6.94. The molecule has 16 heavy (non-hydrogen) atoms. The van der Waals surface area contributed by atoms with E-state index >= 15 is 0 Å². The molecular formula is C10H12F2N4. The third-order valence-electron chi connectivity index (χ3n) is 1.80. The summed E-state index contributed by atoms with van der Waals surface area (Å²) in [6.07, 6.45) is 1.37. The summed E-state index contributed by atoms with van der Waals surface area (Å²) in [5.41, 5.74) is 10.7. The Balaban J connectivity index is 2.80. The summed E-state index contributed by atoms with van der Waals surface area (Å²) < 4.78 is 25.7. The predicted octanol–water partition coefficient (Wildman–Crippen LogP) is 1.41. The average molecular weight is 226 g/mol. The van der Waals surface area contributed by atoms with Crippen LogP contribution in [0.1, 0.15) is 18.1 Å². The standard InChI is InChI=1S/C10H12F2N4/c1-10(11,12)8-4-2-7(3-5-8)6-15-16-9(13)14/h2-6H,1H3,(H4,13,14,16). The number of guanidine groups is 1. The molecule has 0 atom stereocenters. The monoisotopic (exact) mass is 226 g/mol. The first-order chi connectivity index (χ1) is 7.39. The average Bonchev–Trinajstić information content (AvgIpc) is 2.16. The minimum atomic E-state index is -2.84. The van der Waals surface area contributed by atoms with E-state index in [1.165, 1.54) is 30.5 Å². The molecule has 4 nitrogen and oxygen atoms in total. The summed E-state index contributed by atoms with van der Waals surface area (Å²) >= 11 is 0. The molecule has 0 spiro atoms. The zero-order valence-corrected chi connectivity index (χ0v) is 8.69. The predicted molar refractivity (Wildman–Crippen MR) is 59.4 cm³/mol. The lowest BCUT2D eigenvalue weighted by Crippen LogP contribution is -2.21. The highest BCUT2D eigenvalue weighted by atomic mass is 19.3. The van der Waals surface area contributed by atoms with Crippen LogP contribution in [-0.4, -0.2) is 12.2 Å². The fraction of sp³-hybridized carbons (Fsp3) is 0.200. The van der Waals surface area contributed by atoms with E-state index in [4.69, 9.17) is 11.5 Å². The Kier molecular flexibility index (Phi) is 3.55. The zero-order valence-electron chi connectivity index (χ0n) is 8.69. The van der Waals surface area contributed by atoms with Gasteiger partial charge in [-0.1, -0.05) is 24.3 Å². The number of benzene rings is 1. The van der Waals surface area contributed by atoms with E-state index in [1.54, 1.807) is 0 Å². The molecule has 0 heterocycles. The Morgan fingerprint density at radius 3 is 2.25 bits per heavy atom. The van der Waals surface area contributed by atoms with Crippen molar-refractivity contribution in [1.82, 2.24) is 0 Å². The Morgan fingerprint density at radius 2 is 1.81 bits per heavy atom. The molecule has 0 unspecified atom stereocenters. The van der Waals surface area contributed by atoms with Gasteiger partial charge in [-0.3, -0.25) is 0 Å². The number of halogens is 2. The normalized spacial score (nSPS) is 11.7. The summed E-state index contributed by atoms with van der Waals surface area (Å²) in [6, 6.07) is 5.69. The minimum Gasteiger partial charge on any atom is -0.369 e. The zero-order chi connectivity index (χ0) is 12.2. The number of nitrogens with zero attached hydrogens (tertiary/aromatic N) is 2. The molecule has 0 amide bonds. The van der Waals surface area contributed by atoms with E-state index in [2.05, 4.69) is 10.2 Å². The summed E-state index contributed by atoms with van der Waals surface area (Å²) in [7, 11) is 0. The Bertz CT molecular complexity index is 400. The minimum absolute atomic E-state index is 0.0495. The Labute approximate surface area is 91.7 Å². The first kappa shape index (κ1) is 12.1. The van der Waals surface area contributed by atoms with Crippen molar-refractivity contribution in [3.8, 4) is 0 Å². The van der Waals surface area contributed by atoms with Crippen LogP contribution < -0.4 is 11.5 Å². The van der Waals surface area contributed by atoms with Crippen molar-refractivity contribution in [2.45, 2.75) is 12.8 Å². The van der Waals surface area contributed by atoms with Gasteiger partial charge in [0.15, 0.2) is 0 Å². The molecular weight excluding hydrogens is 214 g/mol. The highest BCUT2D eigenvalue weighted by Gasteiger charge is 2.23. The lowest BCUT2D eigenvalue weighted by Gasteiger charge is -2.09. The van der Waals surface area contributed by atoms with Crippen LogP contribution in [-0.2, 0) is 5.92 Å². The van der Waals surface area contributed by atoms with Gasteiger partial charge in [0.05, 0.1) is 6.21 Å². The van der Waals surface area contributed by atoms with Crippen molar-refractivity contribution in [2.75, 3.05) is 0 Å². The van der Waals surface area contributed by atoms with Crippen LogP contribution in [0.25, 0.3) is 0 Å². The Hall–Kier alpha value is -1.98. The fourth-order valence-electron chi connectivity index (χ4n) is 1.02. The lowest BCUT2D eigenvalue weighted by molar-refractivity contribution is 0.0175. The van der Waals surface area contributed by atoms with Crippen LogP contribution in [0.4, 0.5) is 8.78 Å². The maximum absolute atomic E-state index is 12.9. The largest absolute Gasteiger partial charge is 0.369 e. The van der Waals surface area contributed by atoms with Gasteiger partial charge in [-0.05, 0) is 5.56 Å². The van der Waals surface area contributed by atoms with Crippen LogP contribution in [0.3, 0.4) is 0 Å². The quantitative estimate of drug-likeness (QED) is 0.464. The van der Waals surface area contributed by atoms with Crippen LogP contribution in [0, 0.1) is 0 Å². The molecule has 1 rings (SSSR count). The molecule has 0 aliphatic rings. The SMILES string of the molecule is CC(F)(F)c1ccc(C=NN=C(N)N)cc1. The third kappa shape index (κ3) is 3.64. The molecule has 1 aromatic rings. The van der Waals surface area contributed by atoms with Crippen LogP contribution in [0.2, 0.25) is 0 Å². The van der Waals surface area contributed by atoms with Crippen molar-refractivity contribution >= 4 is 12.2 Å². The van der Waals surface area contributed by atoms with E-state index in [0.717, 1.165) is 6.92 Å². The van der Waals surface area contributed by atoms with Crippen LogP contribution in [0.5, 0.6) is 0 Å². The molecule has 0 aliphatic carbocycles. The van der Waals surface area contributed by atoms with Crippen LogP contribution in [0.15, 0.2) is 34.5 Å². The van der Waals surface area contributed by atoms with Gasteiger partial charge in [0.1, 0.15) is 0 Å². The van der Waals surface area contributed by atoms with E-state index in [-0.39, 0.29) is 11.5 Å². The molecule has 0 aromatic heterocycles. The van der Waals surface area contributed by atoms with Gasteiger partial charge < -0.3 is 11.5 Å². The van der Waals surface area contributed by atoms with Gasteiger partial charge in [0.2, 0.25) is 5.96 Å².